The lowest BCUT2D eigenvalue weighted by molar-refractivity contribution is -0.135. The number of furan rings is 1. The lowest BCUT2D eigenvalue weighted by Crippen LogP contribution is -2.42. The van der Waals surface area contributed by atoms with Gasteiger partial charge in [-0.05, 0) is 37.8 Å². The molecule has 1 aliphatic carbocycles. The van der Waals surface area contributed by atoms with Crippen molar-refractivity contribution in [3.8, 4) is 0 Å². The first-order valence-electron chi connectivity index (χ1n) is 8.85. The lowest BCUT2D eigenvalue weighted by Gasteiger charge is -2.29. The number of carbonyl (C=O) groups is 2. The third-order valence-corrected chi connectivity index (χ3v) is 4.79. The number of carbonyl (C=O) groups excluding carboxylic acids is 2. The Hall–Kier alpha value is -1.78. The van der Waals surface area contributed by atoms with E-state index < -0.39 is 0 Å². The van der Waals surface area contributed by atoms with E-state index in [-0.39, 0.29) is 30.3 Å². The quantitative estimate of drug-likeness (QED) is 0.908. The van der Waals surface area contributed by atoms with Crippen LogP contribution in [-0.4, -0.2) is 29.8 Å². The third kappa shape index (κ3) is 3.95. The summed E-state index contributed by atoms with van der Waals surface area (Å²) in [7, 11) is 0. The standard InChI is InChI=1S/C18H26N2O3/c1-2-14-9-10-16(23-14)15-6-4-3-5-11-20(15)17(21)12-19-18(22)13-7-8-13/h9-10,13,15H,2-8,11-12H2,1H3,(H,19,22)/t15-/m1/s1. The van der Waals surface area contributed by atoms with E-state index >= 15 is 0 Å². The second kappa shape index (κ2) is 7.20. The number of hydrogen-bond donors (Lipinski definition) is 1. The topological polar surface area (TPSA) is 62.6 Å². The van der Waals surface area contributed by atoms with Gasteiger partial charge in [0.05, 0.1) is 12.6 Å². The van der Waals surface area contributed by atoms with Crippen LogP contribution in [-0.2, 0) is 16.0 Å². The van der Waals surface area contributed by atoms with Crippen molar-refractivity contribution < 1.29 is 14.0 Å². The first kappa shape index (κ1) is 16.1. The molecule has 1 saturated carbocycles. The number of amides is 2. The van der Waals surface area contributed by atoms with Crippen molar-refractivity contribution in [3.63, 3.8) is 0 Å². The Kier molecular flexibility index (Phi) is 5.03. The molecular weight excluding hydrogens is 292 g/mol. The Morgan fingerprint density at radius 2 is 2.04 bits per heavy atom. The molecule has 2 heterocycles. The van der Waals surface area contributed by atoms with E-state index in [1.807, 2.05) is 17.0 Å². The Bertz CT molecular complexity index is 562. The molecule has 1 saturated heterocycles. The van der Waals surface area contributed by atoms with Gasteiger partial charge in [0, 0.05) is 18.9 Å². The zero-order valence-corrected chi connectivity index (χ0v) is 13.8. The van der Waals surface area contributed by atoms with Crippen LogP contribution >= 0.6 is 0 Å². The summed E-state index contributed by atoms with van der Waals surface area (Å²) in [6.07, 6.45) is 6.95. The molecule has 126 valence electrons. The molecule has 1 aromatic heterocycles. The molecule has 0 spiro atoms. The Morgan fingerprint density at radius 1 is 1.22 bits per heavy atom. The number of nitrogens with zero attached hydrogens (tertiary/aromatic N) is 1. The highest BCUT2D eigenvalue weighted by Crippen LogP contribution is 2.32. The summed E-state index contributed by atoms with van der Waals surface area (Å²) < 4.78 is 5.90. The van der Waals surface area contributed by atoms with E-state index in [1.165, 1.54) is 0 Å². The molecule has 3 rings (SSSR count). The monoisotopic (exact) mass is 318 g/mol. The van der Waals surface area contributed by atoms with Crippen molar-refractivity contribution in [2.24, 2.45) is 5.92 Å². The van der Waals surface area contributed by atoms with Crippen LogP contribution in [0.1, 0.15) is 63.0 Å². The Balaban J connectivity index is 1.67. The molecule has 0 aromatic carbocycles. The summed E-state index contributed by atoms with van der Waals surface area (Å²) in [6, 6.07) is 4.00. The van der Waals surface area contributed by atoms with E-state index in [9.17, 15) is 9.59 Å². The van der Waals surface area contributed by atoms with E-state index in [0.29, 0.717) is 0 Å². The van der Waals surface area contributed by atoms with Crippen molar-refractivity contribution >= 4 is 11.8 Å². The van der Waals surface area contributed by atoms with Gasteiger partial charge in [-0.25, -0.2) is 0 Å². The van der Waals surface area contributed by atoms with Gasteiger partial charge in [0.15, 0.2) is 0 Å². The maximum absolute atomic E-state index is 12.6. The van der Waals surface area contributed by atoms with Crippen LogP contribution in [0.3, 0.4) is 0 Å². The van der Waals surface area contributed by atoms with Crippen molar-refractivity contribution in [2.75, 3.05) is 13.1 Å². The van der Waals surface area contributed by atoms with Gasteiger partial charge in [-0.15, -0.1) is 0 Å². The Labute approximate surface area is 137 Å². The van der Waals surface area contributed by atoms with Gasteiger partial charge in [-0.3, -0.25) is 9.59 Å². The first-order valence-corrected chi connectivity index (χ1v) is 8.85. The molecule has 0 unspecified atom stereocenters. The van der Waals surface area contributed by atoms with Crippen LogP contribution in [0.5, 0.6) is 0 Å². The largest absolute Gasteiger partial charge is 0.464 e. The zero-order chi connectivity index (χ0) is 16.2. The highest BCUT2D eigenvalue weighted by atomic mass is 16.3. The second-order valence-electron chi connectivity index (χ2n) is 6.60. The fourth-order valence-corrected chi connectivity index (χ4v) is 3.22. The van der Waals surface area contributed by atoms with Gasteiger partial charge >= 0.3 is 0 Å². The number of nitrogens with one attached hydrogen (secondary N) is 1. The minimum atomic E-state index is 0.000323. The first-order chi connectivity index (χ1) is 11.2. The predicted octanol–water partition coefficient (Wildman–Crippen LogP) is 2.81. The summed E-state index contributed by atoms with van der Waals surface area (Å²) in [6.45, 7) is 2.91. The zero-order valence-electron chi connectivity index (χ0n) is 13.8. The van der Waals surface area contributed by atoms with E-state index in [1.54, 1.807) is 0 Å². The Morgan fingerprint density at radius 3 is 2.74 bits per heavy atom. The van der Waals surface area contributed by atoms with Gasteiger partial charge in [-0.2, -0.15) is 0 Å². The summed E-state index contributed by atoms with van der Waals surface area (Å²) >= 11 is 0. The minimum Gasteiger partial charge on any atom is -0.464 e. The summed E-state index contributed by atoms with van der Waals surface area (Å²) in [4.78, 5) is 26.3. The van der Waals surface area contributed by atoms with Crippen molar-refractivity contribution in [1.29, 1.82) is 0 Å². The third-order valence-electron chi connectivity index (χ3n) is 4.79. The molecule has 2 amide bonds. The van der Waals surface area contributed by atoms with E-state index in [2.05, 4.69) is 12.2 Å². The molecule has 1 N–H and O–H groups in total. The maximum atomic E-state index is 12.6. The highest BCUT2D eigenvalue weighted by Gasteiger charge is 2.32. The molecular formula is C18H26N2O3. The van der Waals surface area contributed by atoms with Crippen LogP contribution in [0.4, 0.5) is 0 Å². The van der Waals surface area contributed by atoms with Crippen molar-refractivity contribution in [1.82, 2.24) is 10.2 Å². The molecule has 2 aliphatic rings. The average molecular weight is 318 g/mol. The fourth-order valence-electron chi connectivity index (χ4n) is 3.22. The van der Waals surface area contributed by atoms with E-state index in [0.717, 1.165) is 63.0 Å². The predicted molar refractivity (Wildman–Crippen MR) is 86.7 cm³/mol. The van der Waals surface area contributed by atoms with Crippen molar-refractivity contribution in [2.45, 2.75) is 57.9 Å². The van der Waals surface area contributed by atoms with Gasteiger partial charge in [0.2, 0.25) is 11.8 Å². The highest BCUT2D eigenvalue weighted by molar-refractivity contribution is 5.87. The number of aryl methyl sites for hydroxylation is 1. The molecule has 1 aliphatic heterocycles. The lowest BCUT2D eigenvalue weighted by atomic mass is 10.1. The molecule has 0 radical (unpaired) electrons. The minimum absolute atomic E-state index is 0.000323. The van der Waals surface area contributed by atoms with Crippen molar-refractivity contribution in [3.05, 3.63) is 23.7 Å². The van der Waals surface area contributed by atoms with Crippen LogP contribution in [0.15, 0.2) is 16.5 Å². The summed E-state index contributed by atoms with van der Waals surface area (Å²) in [5.74, 6) is 2.00. The molecule has 5 heteroatoms. The summed E-state index contributed by atoms with van der Waals surface area (Å²) in [5, 5.41) is 2.79. The smallest absolute Gasteiger partial charge is 0.242 e. The molecule has 2 fully saturated rings. The molecule has 0 bridgehead atoms. The van der Waals surface area contributed by atoms with Crippen LogP contribution in [0, 0.1) is 5.92 Å². The SMILES string of the molecule is CCc1ccc([C@H]2CCCCCN2C(=O)CNC(=O)C2CC2)o1. The van der Waals surface area contributed by atoms with Gasteiger partial charge in [0.1, 0.15) is 11.5 Å². The van der Waals surface area contributed by atoms with Gasteiger partial charge < -0.3 is 14.6 Å². The fraction of sp³-hybridized carbons (Fsp3) is 0.667. The van der Waals surface area contributed by atoms with Crippen LogP contribution in [0.2, 0.25) is 0 Å². The normalized spacial score (nSPS) is 21.8. The number of likely N-dealkylation sites (tertiary alicyclic amines) is 1. The van der Waals surface area contributed by atoms with Crippen LogP contribution < -0.4 is 5.32 Å². The maximum Gasteiger partial charge on any atom is 0.242 e. The molecule has 1 atom stereocenters. The van der Waals surface area contributed by atoms with Gasteiger partial charge in [-0.1, -0.05) is 19.8 Å². The second-order valence-corrected chi connectivity index (χ2v) is 6.60. The summed E-state index contributed by atoms with van der Waals surface area (Å²) in [5.41, 5.74) is 0. The average Bonchev–Trinajstić information content (AvgIpc) is 3.35. The number of rotatable bonds is 5. The van der Waals surface area contributed by atoms with Crippen LogP contribution in [0.25, 0.3) is 0 Å². The van der Waals surface area contributed by atoms with E-state index in [4.69, 9.17) is 4.42 Å². The number of hydrogen-bond acceptors (Lipinski definition) is 3. The van der Waals surface area contributed by atoms with Gasteiger partial charge in [0.25, 0.3) is 0 Å². The molecule has 1 aromatic rings. The molecule has 23 heavy (non-hydrogen) atoms. The molecule has 5 nitrogen and oxygen atoms in total.